The van der Waals surface area contributed by atoms with Gasteiger partial charge in [0.1, 0.15) is 12.6 Å². The lowest BCUT2D eigenvalue weighted by Crippen LogP contribution is -2.44. The minimum atomic E-state index is -0.782. The first-order valence-corrected chi connectivity index (χ1v) is 8.42. The smallest absolute Gasteiger partial charge is 0.320 e. The highest BCUT2D eigenvalue weighted by Gasteiger charge is 2.44. The highest BCUT2D eigenvalue weighted by molar-refractivity contribution is 5.74. The van der Waals surface area contributed by atoms with Gasteiger partial charge in [-0.2, -0.15) is 0 Å². The normalized spacial score (nSPS) is 26.8. The lowest BCUT2D eigenvalue weighted by Gasteiger charge is -2.32. The highest BCUT2D eigenvalue weighted by atomic mass is 16.6. The van der Waals surface area contributed by atoms with Gasteiger partial charge in [0, 0.05) is 18.7 Å². The summed E-state index contributed by atoms with van der Waals surface area (Å²) < 4.78 is 5.59. The maximum atomic E-state index is 11.6. The number of likely N-dealkylation sites (tertiary alicyclic amines) is 1. The molecule has 0 radical (unpaired) electrons. The van der Waals surface area contributed by atoms with Gasteiger partial charge in [0.15, 0.2) is 5.75 Å². The fraction of sp³-hybridized carbons (Fsp3) is 0.588. The zero-order valence-electron chi connectivity index (χ0n) is 13.5. The van der Waals surface area contributed by atoms with Crippen molar-refractivity contribution in [1.82, 2.24) is 4.90 Å². The van der Waals surface area contributed by atoms with Crippen LogP contribution in [0.4, 0.5) is 5.69 Å². The second-order valence-electron chi connectivity index (χ2n) is 6.51. The topological polar surface area (TPSA) is 92.9 Å². The van der Waals surface area contributed by atoms with Gasteiger partial charge in [-0.05, 0) is 31.2 Å². The molecule has 1 aromatic carbocycles. The molecule has 24 heavy (non-hydrogen) atoms. The summed E-state index contributed by atoms with van der Waals surface area (Å²) in [6, 6.07) is 6.10. The Morgan fingerprint density at radius 3 is 2.83 bits per heavy atom. The molecule has 3 atom stereocenters. The number of carboxylic acid groups (broad SMARTS) is 1. The van der Waals surface area contributed by atoms with E-state index in [4.69, 9.17) is 4.74 Å². The lowest BCUT2D eigenvalue weighted by molar-refractivity contribution is -0.385. The van der Waals surface area contributed by atoms with E-state index in [1.165, 1.54) is 12.5 Å². The Hall–Kier alpha value is -2.15. The largest absolute Gasteiger partial charge is 0.485 e. The fourth-order valence-corrected chi connectivity index (χ4v) is 4.11. The van der Waals surface area contributed by atoms with Crippen molar-refractivity contribution in [3.63, 3.8) is 0 Å². The standard InChI is InChI=1S/C17H22N2O5/c20-17(21)15-11-12-5-1-2-6-13(12)18(15)9-10-24-16-8-4-3-7-14(16)19(22)23/h3-4,7-8,12-13,15H,1-2,5-6,9-11H2,(H,20,21). The number of aliphatic carboxylic acids is 1. The molecule has 0 amide bonds. The first-order chi connectivity index (χ1) is 11.6. The molecular formula is C17H22N2O5. The summed E-state index contributed by atoms with van der Waals surface area (Å²) in [5.41, 5.74) is -0.0655. The number of carboxylic acids is 1. The van der Waals surface area contributed by atoms with Crippen LogP contribution in [0.5, 0.6) is 5.75 Å². The van der Waals surface area contributed by atoms with Gasteiger partial charge in [0.05, 0.1) is 4.92 Å². The molecule has 1 aliphatic heterocycles. The maximum absolute atomic E-state index is 11.6. The Balaban J connectivity index is 1.64. The van der Waals surface area contributed by atoms with Gasteiger partial charge in [-0.25, -0.2) is 0 Å². The molecule has 7 heteroatoms. The Morgan fingerprint density at radius 2 is 2.08 bits per heavy atom. The number of nitrogens with zero attached hydrogens (tertiary/aromatic N) is 2. The Labute approximate surface area is 140 Å². The second kappa shape index (κ2) is 7.17. The number of ether oxygens (including phenoxy) is 1. The van der Waals surface area contributed by atoms with Gasteiger partial charge in [-0.15, -0.1) is 0 Å². The molecule has 7 nitrogen and oxygen atoms in total. The zero-order valence-corrected chi connectivity index (χ0v) is 13.5. The molecule has 1 aliphatic carbocycles. The molecule has 1 aromatic rings. The van der Waals surface area contributed by atoms with Gasteiger partial charge >= 0.3 is 11.7 Å². The van der Waals surface area contributed by atoms with Crippen molar-refractivity contribution in [3.8, 4) is 5.75 Å². The van der Waals surface area contributed by atoms with Crippen LogP contribution in [-0.4, -0.2) is 46.1 Å². The third-order valence-corrected chi connectivity index (χ3v) is 5.18. The number of para-hydroxylation sites is 2. The Kier molecular flexibility index (Phi) is 4.99. The van der Waals surface area contributed by atoms with Crippen molar-refractivity contribution in [3.05, 3.63) is 34.4 Å². The van der Waals surface area contributed by atoms with E-state index in [2.05, 4.69) is 0 Å². The van der Waals surface area contributed by atoms with Crippen molar-refractivity contribution in [2.45, 2.75) is 44.2 Å². The number of hydrogen-bond acceptors (Lipinski definition) is 5. The van der Waals surface area contributed by atoms with Crippen LogP contribution in [0.3, 0.4) is 0 Å². The quantitative estimate of drug-likeness (QED) is 0.635. The molecule has 130 valence electrons. The predicted octanol–water partition coefficient (Wildman–Crippen LogP) is 2.69. The van der Waals surface area contributed by atoms with Gasteiger partial charge in [0.25, 0.3) is 0 Å². The van der Waals surface area contributed by atoms with Crippen LogP contribution < -0.4 is 4.74 Å². The number of nitro benzene ring substituents is 1. The summed E-state index contributed by atoms with van der Waals surface area (Å²) in [5.74, 6) is -0.102. The first kappa shape index (κ1) is 16.7. The van der Waals surface area contributed by atoms with Gasteiger partial charge in [-0.3, -0.25) is 19.8 Å². The second-order valence-corrected chi connectivity index (χ2v) is 6.51. The summed E-state index contributed by atoms with van der Waals surface area (Å²) in [6.07, 6.45) is 5.13. The van der Waals surface area contributed by atoms with Crippen molar-refractivity contribution >= 4 is 11.7 Å². The third kappa shape index (κ3) is 3.36. The molecule has 3 rings (SSSR count). The summed E-state index contributed by atoms with van der Waals surface area (Å²) >= 11 is 0. The Morgan fingerprint density at radius 1 is 1.33 bits per heavy atom. The molecule has 2 aliphatic rings. The minimum absolute atomic E-state index is 0.0655. The van der Waals surface area contributed by atoms with E-state index < -0.39 is 16.9 Å². The molecule has 1 N–H and O–H groups in total. The number of nitro groups is 1. The molecule has 0 spiro atoms. The SMILES string of the molecule is O=C(O)C1CC2CCCCC2N1CCOc1ccccc1[N+](=O)[O-]. The molecule has 0 aromatic heterocycles. The van der Waals surface area contributed by atoms with Gasteiger partial charge < -0.3 is 9.84 Å². The third-order valence-electron chi connectivity index (χ3n) is 5.18. The van der Waals surface area contributed by atoms with E-state index in [1.54, 1.807) is 18.2 Å². The van der Waals surface area contributed by atoms with Crippen molar-refractivity contribution < 1.29 is 19.6 Å². The van der Waals surface area contributed by atoms with Crippen LogP contribution in [0.1, 0.15) is 32.1 Å². The van der Waals surface area contributed by atoms with Crippen LogP contribution in [0.15, 0.2) is 24.3 Å². The molecule has 1 saturated heterocycles. The average molecular weight is 334 g/mol. The first-order valence-electron chi connectivity index (χ1n) is 8.42. The summed E-state index contributed by atoms with van der Waals surface area (Å²) in [6.45, 7) is 0.724. The van der Waals surface area contributed by atoms with Gasteiger partial charge in [0.2, 0.25) is 0 Å². The van der Waals surface area contributed by atoms with Crippen molar-refractivity contribution in [2.75, 3.05) is 13.2 Å². The molecule has 1 heterocycles. The molecule has 2 fully saturated rings. The fourth-order valence-electron chi connectivity index (χ4n) is 4.11. The van der Waals surface area contributed by atoms with E-state index in [1.807, 2.05) is 4.90 Å². The van der Waals surface area contributed by atoms with E-state index in [9.17, 15) is 20.0 Å². The summed E-state index contributed by atoms with van der Waals surface area (Å²) in [5, 5.41) is 20.5. The predicted molar refractivity (Wildman–Crippen MR) is 87.1 cm³/mol. The van der Waals surface area contributed by atoms with E-state index in [0.29, 0.717) is 24.9 Å². The summed E-state index contributed by atoms with van der Waals surface area (Å²) in [4.78, 5) is 24.1. The number of fused-ring (bicyclic) bond motifs is 1. The molecule has 0 bridgehead atoms. The average Bonchev–Trinajstić information content (AvgIpc) is 2.94. The van der Waals surface area contributed by atoms with E-state index >= 15 is 0 Å². The maximum Gasteiger partial charge on any atom is 0.320 e. The molecular weight excluding hydrogens is 312 g/mol. The van der Waals surface area contributed by atoms with Crippen LogP contribution >= 0.6 is 0 Å². The number of rotatable bonds is 6. The lowest BCUT2D eigenvalue weighted by atomic mass is 9.85. The monoisotopic (exact) mass is 334 g/mol. The van der Waals surface area contributed by atoms with Crippen molar-refractivity contribution in [1.29, 1.82) is 0 Å². The van der Waals surface area contributed by atoms with Crippen LogP contribution in [0.2, 0.25) is 0 Å². The minimum Gasteiger partial charge on any atom is -0.485 e. The zero-order chi connectivity index (χ0) is 17.1. The van der Waals surface area contributed by atoms with E-state index in [-0.39, 0.29) is 18.0 Å². The number of hydrogen-bond donors (Lipinski definition) is 1. The summed E-state index contributed by atoms with van der Waals surface area (Å²) in [7, 11) is 0. The van der Waals surface area contributed by atoms with Crippen LogP contribution in [-0.2, 0) is 4.79 Å². The van der Waals surface area contributed by atoms with Gasteiger partial charge in [-0.1, -0.05) is 25.0 Å². The van der Waals surface area contributed by atoms with Crippen LogP contribution in [0.25, 0.3) is 0 Å². The van der Waals surface area contributed by atoms with Crippen molar-refractivity contribution in [2.24, 2.45) is 5.92 Å². The molecule has 1 saturated carbocycles. The Bertz CT molecular complexity index is 621. The van der Waals surface area contributed by atoms with Crippen LogP contribution in [0, 0.1) is 16.0 Å². The highest BCUT2D eigenvalue weighted by Crippen LogP contribution is 2.39. The van der Waals surface area contributed by atoms with E-state index in [0.717, 1.165) is 19.3 Å². The number of carbonyl (C=O) groups is 1. The number of benzene rings is 1. The molecule has 3 unspecified atom stereocenters.